The number of hydrogen-bond acceptors (Lipinski definition) is 3. The molecule has 2 N–H and O–H groups in total. The number of nitrogens with two attached hydrogens (primary N) is 1. The Kier molecular flexibility index (Phi) is 3.46. The van der Waals surface area contributed by atoms with E-state index in [0.29, 0.717) is 6.04 Å². The maximum Gasteiger partial charge on any atom is 0.0619 e. The summed E-state index contributed by atoms with van der Waals surface area (Å²) < 4.78 is 5.43. The highest BCUT2D eigenvalue weighted by Gasteiger charge is 2.18. The molecule has 3 nitrogen and oxygen atoms in total. The molecule has 1 aromatic rings. The van der Waals surface area contributed by atoms with E-state index >= 15 is 0 Å². The monoisotopic (exact) mass is 220 g/mol. The van der Waals surface area contributed by atoms with Gasteiger partial charge in [-0.15, -0.1) is 0 Å². The van der Waals surface area contributed by atoms with E-state index in [2.05, 4.69) is 30.0 Å². The number of rotatable bonds is 2. The van der Waals surface area contributed by atoms with Crippen LogP contribution in [0.2, 0.25) is 0 Å². The van der Waals surface area contributed by atoms with Crippen molar-refractivity contribution in [3.63, 3.8) is 0 Å². The molecule has 1 fully saturated rings. The molecule has 88 valence electrons. The van der Waals surface area contributed by atoms with Gasteiger partial charge in [-0.3, -0.25) is 4.90 Å². The zero-order chi connectivity index (χ0) is 11.5. The van der Waals surface area contributed by atoms with E-state index in [9.17, 15) is 0 Å². The Morgan fingerprint density at radius 1 is 1.50 bits per heavy atom. The molecule has 1 unspecified atom stereocenters. The summed E-state index contributed by atoms with van der Waals surface area (Å²) in [6, 6.07) is 6.83. The van der Waals surface area contributed by atoms with E-state index in [1.165, 1.54) is 5.56 Å². The highest BCUT2D eigenvalue weighted by atomic mass is 16.5. The molecule has 0 saturated carbocycles. The van der Waals surface area contributed by atoms with Gasteiger partial charge in [0.2, 0.25) is 0 Å². The summed E-state index contributed by atoms with van der Waals surface area (Å²) in [6.45, 7) is 7.89. The molecule has 1 atom stereocenters. The highest BCUT2D eigenvalue weighted by Crippen LogP contribution is 2.16. The largest absolute Gasteiger partial charge is 0.399 e. The fraction of sp³-hybridized carbons (Fsp3) is 0.538. The van der Waals surface area contributed by atoms with E-state index in [4.69, 9.17) is 10.5 Å². The Bertz CT molecular complexity index is 365. The Labute approximate surface area is 97.2 Å². The Morgan fingerprint density at radius 3 is 3.00 bits per heavy atom. The molecule has 1 aromatic carbocycles. The zero-order valence-electron chi connectivity index (χ0n) is 10.1. The smallest absolute Gasteiger partial charge is 0.0619 e. The lowest BCUT2D eigenvalue weighted by Gasteiger charge is -2.33. The number of anilines is 1. The summed E-state index contributed by atoms with van der Waals surface area (Å²) in [4.78, 5) is 2.44. The summed E-state index contributed by atoms with van der Waals surface area (Å²) in [5.74, 6) is 0. The van der Waals surface area contributed by atoms with Crippen molar-refractivity contribution in [2.24, 2.45) is 0 Å². The number of nitrogens with zero attached hydrogens (tertiary/aromatic N) is 1. The molecule has 1 saturated heterocycles. The van der Waals surface area contributed by atoms with Crippen molar-refractivity contribution in [3.05, 3.63) is 29.3 Å². The van der Waals surface area contributed by atoms with Crippen LogP contribution in [0.1, 0.15) is 18.1 Å². The first-order valence-corrected chi connectivity index (χ1v) is 5.83. The number of nitrogen functional groups attached to an aromatic ring is 1. The Balaban J connectivity index is 2.05. The average Bonchev–Trinajstić information content (AvgIpc) is 2.27. The van der Waals surface area contributed by atoms with Crippen LogP contribution in [-0.2, 0) is 11.3 Å². The lowest BCUT2D eigenvalue weighted by molar-refractivity contribution is -0.00436. The predicted octanol–water partition coefficient (Wildman–Crippen LogP) is 1.80. The van der Waals surface area contributed by atoms with Gasteiger partial charge in [0.05, 0.1) is 13.2 Å². The molecule has 0 radical (unpaired) electrons. The van der Waals surface area contributed by atoms with Crippen molar-refractivity contribution < 1.29 is 4.74 Å². The molecule has 0 bridgehead atoms. The van der Waals surface area contributed by atoms with Gasteiger partial charge >= 0.3 is 0 Å². The molecule has 1 aliphatic rings. The summed E-state index contributed by atoms with van der Waals surface area (Å²) in [6.07, 6.45) is 0. The van der Waals surface area contributed by atoms with Crippen LogP contribution in [0.4, 0.5) is 5.69 Å². The van der Waals surface area contributed by atoms with Gasteiger partial charge in [0, 0.05) is 24.8 Å². The normalized spacial score (nSPS) is 22.2. The summed E-state index contributed by atoms with van der Waals surface area (Å²) in [5, 5.41) is 0. The number of morpholine rings is 1. The Hall–Kier alpha value is -1.06. The predicted molar refractivity (Wildman–Crippen MR) is 66.3 cm³/mol. The van der Waals surface area contributed by atoms with Crippen molar-refractivity contribution >= 4 is 5.69 Å². The summed E-state index contributed by atoms with van der Waals surface area (Å²) in [7, 11) is 0. The SMILES string of the molecule is Cc1ccc(CN2CCOCC2C)cc1N. The second-order valence-corrected chi connectivity index (χ2v) is 4.59. The molecule has 0 spiro atoms. The third kappa shape index (κ3) is 2.54. The maximum atomic E-state index is 5.92. The van der Waals surface area contributed by atoms with E-state index in [0.717, 1.165) is 37.6 Å². The second kappa shape index (κ2) is 4.85. The van der Waals surface area contributed by atoms with Crippen LogP contribution < -0.4 is 5.73 Å². The molecule has 0 aliphatic carbocycles. The van der Waals surface area contributed by atoms with Crippen LogP contribution in [0.15, 0.2) is 18.2 Å². The number of benzene rings is 1. The van der Waals surface area contributed by atoms with E-state index in [1.807, 2.05) is 6.92 Å². The standard InChI is InChI=1S/C13H20N2O/c1-10-3-4-12(7-13(10)14)8-15-5-6-16-9-11(15)2/h3-4,7,11H,5-6,8-9,14H2,1-2H3. The lowest BCUT2D eigenvalue weighted by atomic mass is 10.1. The molecular formula is C13H20N2O. The lowest BCUT2D eigenvalue weighted by Crippen LogP contribution is -2.42. The zero-order valence-corrected chi connectivity index (χ0v) is 10.1. The number of aryl methyl sites for hydroxylation is 1. The number of hydrogen-bond donors (Lipinski definition) is 1. The quantitative estimate of drug-likeness (QED) is 0.772. The van der Waals surface area contributed by atoms with Gasteiger partial charge in [0.15, 0.2) is 0 Å². The molecular weight excluding hydrogens is 200 g/mol. The minimum Gasteiger partial charge on any atom is -0.399 e. The van der Waals surface area contributed by atoms with Crippen LogP contribution in [0, 0.1) is 6.92 Å². The van der Waals surface area contributed by atoms with Gasteiger partial charge in [-0.1, -0.05) is 12.1 Å². The van der Waals surface area contributed by atoms with Crippen LogP contribution in [0.3, 0.4) is 0 Å². The molecule has 1 aliphatic heterocycles. The molecule has 0 amide bonds. The van der Waals surface area contributed by atoms with E-state index < -0.39 is 0 Å². The van der Waals surface area contributed by atoms with Gasteiger partial charge in [-0.05, 0) is 31.0 Å². The maximum absolute atomic E-state index is 5.92. The van der Waals surface area contributed by atoms with Crippen molar-refractivity contribution in [3.8, 4) is 0 Å². The third-order valence-corrected chi connectivity index (χ3v) is 3.23. The topological polar surface area (TPSA) is 38.5 Å². The molecule has 1 heterocycles. The molecule has 2 rings (SSSR count). The van der Waals surface area contributed by atoms with Gasteiger partial charge in [0.25, 0.3) is 0 Å². The second-order valence-electron chi connectivity index (χ2n) is 4.59. The van der Waals surface area contributed by atoms with Gasteiger partial charge in [-0.25, -0.2) is 0 Å². The van der Waals surface area contributed by atoms with Gasteiger partial charge in [0.1, 0.15) is 0 Å². The first-order chi connectivity index (χ1) is 7.66. The van der Waals surface area contributed by atoms with Crippen molar-refractivity contribution in [1.82, 2.24) is 4.90 Å². The Morgan fingerprint density at radius 2 is 2.31 bits per heavy atom. The summed E-state index contributed by atoms with van der Waals surface area (Å²) in [5.41, 5.74) is 9.25. The van der Waals surface area contributed by atoms with Crippen LogP contribution in [-0.4, -0.2) is 30.7 Å². The minimum absolute atomic E-state index is 0.497. The molecule has 3 heteroatoms. The van der Waals surface area contributed by atoms with Crippen molar-refractivity contribution in [2.45, 2.75) is 26.4 Å². The van der Waals surface area contributed by atoms with Crippen LogP contribution >= 0.6 is 0 Å². The van der Waals surface area contributed by atoms with Crippen LogP contribution in [0.25, 0.3) is 0 Å². The highest BCUT2D eigenvalue weighted by molar-refractivity contribution is 5.48. The molecule has 16 heavy (non-hydrogen) atoms. The average molecular weight is 220 g/mol. The van der Waals surface area contributed by atoms with Gasteiger partial charge < -0.3 is 10.5 Å². The van der Waals surface area contributed by atoms with Crippen molar-refractivity contribution in [2.75, 3.05) is 25.5 Å². The fourth-order valence-electron chi connectivity index (χ4n) is 2.02. The first kappa shape index (κ1) is 11.4. The molecule has 0 aromatic heterocycles. The van der Waals surface area contributed by atoms with E-state index in [1.54, 1.807) is 0 Å². The summed E-state index contributed by atoms with van der Waals surface area (Å²) >= 11 is 0. The third-order valence-electron chi connectivity index (χ3n) is 3.23. The fourth-order valence-corrected chi connectivity index (χ4v) is 2.02. The minimum atomic E-state index is 0.497. The van der Waals surface area contributed by atoms with Crippen LogP contribution in [0.5, 0.6) is 0 Å². The first-order valence-electron chi connectivity index (χ1n) is 5.83. The number of ether oxygens (including phenoxy) is 1. The van der Waals surface area contributed by atoms with Gasteiger partial charge in [-0.2, -0.15) is 0 Å². The van der Waals surface area contributed by atoms with Crippen molar-refractivity contribution in [1.29, 1.82) is 0 Å². The van der Waals surface area contributed by atoms with E-state index in [-0.39, 0.29) is 0 Å².